The zero-order valence-corrected chi connectivity index (χ0v) is 10.6. The van der Waals surface area contributed by atoms with E-state index in [1.165, 1.54) is 12.8 Å². The van der Waals surface area contributed by atoms with E-state index < -0.39 is 0 Å². The molecule has 0 aromatic heterocycles. The van der Waals surface area contributed by atoms with Crippen LogP contribution in [-0.2, 0) is 0 Å². The van der Waals surface area contributed by atoms with Crippen LogP contribution in [0.5, 0.6) is 0 Å². The van der Waals surface area contributed by atoms with Gasteiger partial charge in [0.05, 0.1) is 4.99 Å². The van der Waals surface area contributed by atoms with E-state index in [-0.39, 0.29) is 0 Å². The molecule has 1 heterocycles. The van der Waals surface area contributed by atoms with Crippen LogP contribution >= 0.6 is 12.2 Å². The molecule has 0 unspecified atom stereocenters. The largest absolute Gasteiger partial charge is 0.396 e. The zero-order valence-electron chi connectivity index (χ0n) is 9.82. The predicted molar refractivity (Wildman–Crippen MR) is 69.3 cm³/mol. The Balaban J connectivity index is 1.76. The number of aliphatic hydroxyl groups is 1. The molecule has 1 saturated heterocycles. The molecule has 0 amide bonds. The number of hydrogen-bond acceptors (Lipinski definition) is 3. The van der Waals surface area contributed by atoms with E-state index in [4.69, 9.17) is 23.1 Å². The number of nitrogens with two attached hydrogens (primary N) is 1. The van der Waals surface area contributed by atoms with Crippen LogP contribution in [0.15, 0.2) is 0 Å². The first kappa shape index (κ1) is 12.3. The topological polar surface area (TPSA) is 49.5 Å². The van der Waals surface area contributed by atoms with E-state index in [0.717, 1.165) is 38.9 Å². The Bertz CT molecular complexity index is 258. The van der Waals surface area contributed by atoms with Crippen molar-refractivity contribution in [3.63, 3.8) is 0 Å². The summed E-state index contributed by atoms with van der Waals surface area (Å²) in [5.74, 6) is 0.530. The molecule has 0 aromatic rings. The second kappa shape index (κ2) is 4.98. The maximum Gasteiger partial charge on any atom is 0.0733 e. The first-order chi connectivity index (χ1) is 7.63. The lowest BCUT2D eigenvalue weighted by Gasteiger charge is -2.33. The van der Waals surface area contributed by atoms with Crippen molar-refractivity contribution in [2.75, 3.05) is 26.2 Å². The summed E-state index contributed by atoms with van der Waals surface area (Å²) in [6.45, 7) is 3.77. The minimum absolute atomic E-state index is 0.353. The van der Waals surface area contributed by atoms with Crippen molar-refractivity contribution in [3.8, 4) is 0 Å². The standard InChI is InChI=1S/C12H22N2OS/c13-11(16)7-12(3-4-12)9-14-5-1-10(8-15)2-6-14/h10,15H,1-9H2,(H2,13,16). The van der Waals surface area contributed by atoms with Gasteiger partial charge in [-0.15, -0.1) is 0 Å². The summed E-state index contributed by atoms with van der Waals surface area (Å²) < 4.78 is 0. The number of hydrogen-bond donors (Lipinski definition) is 2. The molecule has 0 atom stereocenters. The monoisotopic (exact) mass is 242 g/mol. The first-order valence-corrected chi connectivity index (χ1v) is 6.66. The van der Waals surface area contributed by atoms with Crippen molar-refractivity contribution in [2.24, 2.45) is 17.1 Å². The molecule has 0 bridgehead atoms. The third-order valence-electron chi connectivity index (χ3n) is 4.03. The van der Waals surface area contributed by atoms with E-state index in [1.54, 1.807) is 0 Å². The van der Waals surface area contributed by atoms with Gasteiger partial charge in [0.2, 0.25) is 0 Å². The van der Waals surface area contributed by atoms with Crippen LogP contribution in [0.4, 0.5) is 0 Å². The van der Waals surface area contributed by atoms with Crippen LogP contribution in [0.2, 0.25) is 0 Å². The number of thiocarbonyl (C=S) groups is 1. The summed E-state index contributed by atoms with van der Waals surface area (Å²) in [4.78, 5) is 3.19. The summed E-state index contributed by atoms with van der Waals surface area (Å²) in [7, 11) is 0. The highest BCUT2D eigenvalue weighted by Gasteiger charge is 2.44. The zero-order chi connectivity index (χ0) is 11.6. The minimum atomic E-state index is 0.353. The SMILES string of the molecule is NC(=S)CC1(CN2CCC(CO)CC2)CC1. The van der Waals surface area contributed by atoms with Crippen molar-refractivity contribution in [2.45, 2.75) is 32.1 Å². The highest BCUT2D eigenvalue weighted by molar-refractivity contribution is 7.80. The molecular formula is C12H22N2OS. The highest BCUT2D eigenvalue weighted by Crippen LogP contribution is 2.49. The number of aliphatic hydroxyl groups excluding tert-OH is 1. The molecule has 3 N–H and O–H groups in total. The van der Waals surface area contributed by atoms with E-state index in [9.17, 15) is 0 Å². The van der Waals surface area contributed by atoms with Gasteiger partial charge < -0.3 is 15.7 Å². The smallest absolute Gasteiger partial charge is 0.0733 e. The predicted octanol–water partition coefficient (Wildman–Crippen LogP) is 1.15. The van der Waals surface area contributed by atoms with Crippen LogP contribution in [0.3, 0.4) is 0 Å². The molecule has 4 heteroatoms. The van der Waals surface area contributed by atoms with E-state index in [1.807, 2.05) is 0 Å². The molecule has 0 spiro atoms. The van der Waals surface area contributed by atoms with Crippen LogP contribution in [-0.4, -0.2) is 41.2 Å². The molecule has 0 aromatic carbocycles. The molecule has 16 heavy (non-hydrogen) atoms. The fourth-order valence-corrected chi connectivity index (χ4v) is 3.04. The molecule has 1 aliphatic carbocycles. The Hall–Kier alpha value is -0.190. The average Bonchev–Trinajstić information content (AvgIpc) is 2.98. The third kappa shape index (κ3) is 3.15. The van der Waals surface area contributed by atoms with Crippen LogP contribution < -0.4 is 5.73 Å². The third-order valence-corrected chi connectivity index (χ3v) is 4.18. The van der Waals surface area contributed by atoms with Gasteiger partial charge in [0, 0.05) is 19.6 Å². The lowest BCUT2D eigenvalue weighted by atomic mass is 9.95. The molecule has 92 valence electrons. The van der Waals surface area contributed by atoms with Gasteiger partial charge in [0.25, 0.3) is 0 Å². The van der Waals surface area contributed by atoms with Gasteiger partial charge in [-0.25, -0.2) is 0 Å². The Labute approximate surface area is 103 Å². The van der Waals surface area contributed by atoms with Gasteiger partial charge in [-0.05, 0) is 50.1 Å². The molecule has 1 saturated carbocycles. The first-order valence-electron chi connectivity index (χ1n) is 6.25. The Kier molecular flexibility index (Phi) is 3.82. The second-order valence-corrected chi connectivity index (χ2v) is 6.07. The average molecular weight is 242 g/mol. The summed E-state index contributed by atoms with van der Waals surface area (Å²) in [5.41, 5.74) is 6.06. The lowest BCUT2D eigenvalue weighted by Crippen LogP contribution is -2.39. The fourth-order valence-electron chi connectivity index (χ4n) is 2.74. The van der Waals surface area contributed by atoms with Gasteiger partial charge >= 0.3 is 0 Å². The molecular weight excluding hydrogens is 220 g/mol. The van der Waals surface area contributed by atoms with Gasteiger partial charge in [-0.2, -0.15) is 0 Å². The Morgan fingerprint density at radius 3 is 2.44 bits per heavy atom. The van der Waals surface area contributed by atoms with Crippen molar-refractivity contribution in [1.82, 2.24) is 4.90 Å². The maximum absolute atomic E-state index is 9.09. The van der Waals surface area contributed by atoms with Gasteiger partial charge in [0.1, 0.15) is 0 Å². The Morgan fingerprint density at radius 2 is 2.00 bits per heavy atom. The van der Waals surface area contributed by atoms with Crippen LogP contribution in [0, 0.1) is 11.3 Å². The molecule has 1 aliphatic heterocycles. The number of rotatable bonds is 5. The number of likely N-dealkylation sites (tertiary alicyclic amines) is 1. The van der Waals surface area contributed by atoms with Crippen molar-refractivity contribution in [3.05, 3.63) is 0 Å². The quantitative estimate of drug-likeness (QED) is 0.710. The van der Waals surface area contributed by atoms with Crippen molar-refractivity contribution >= 4 is 17.2 Å². The number of nitrogens with zero attached hydrogens (tertiary/aromatic N) is 1. The maximum atomic E-state index is 9.09. The van der Waals surface area contributed by atoms with Gasteiger partial charge in [-0.1, -0.05) is 12.2 Å². The molecule has 2 fully saturated rings. The fraction of sp³-hybridized carbons (Fsp3) is 0.917. The summed E-state index contributed by atoms with van der Waals surface area (Å²) in [6.07, 6.45) is 5.76. The van der Waals surface area contributed by atoms with Gasteiger partial charge in [0.15, 0.2) is 0 Å². The molecule has 2 aliphatic rings. The minimum Gasteiger partial charge on any atom is -0.396 e. The lowest BCUT2D eigenvalue weighted by molar-refractivity contribution is 0.116. The normalized spacial score (nSPS) is 25.6. The summed E-state index contributed by atoms with van der Waals surface area (Å²) in [5, 5.41) is 9.09. The van der Waals surface area contributed by atoms with Crippen molar-refractivity contribution < 1.29 is 5.11 Å². The summed E-state index contributed by atoms with van der Waals surface area (Å²) >= 11 is 5.02. The van der Waals surface area contributed by atoms with E-state index in [0.29, 0.717) is 22.9 Å². The van der Waals surface area contributed by atoms with Crippen LogP contribution in [0.1, 0.15) is 32.1 Å². The van der Waals surface area contributed by atoms with Crippen molar-refractivity contribution in [1.29, 1.82) is 0 Å². The molecule has 2 rings (SSSR count). The second-order valence-electron chi connectivity index (χ2n) is 5.55. The van der Waals surface area contributed by atoms with E-state index >= 15 is 0 Å². The van der Waals surface area contributed by atoms with Crippen LogP contribution in [0.25, 0.3) is 0 Å². The summed E-state index contributed by atoms with van der Waals surface area (Å²) in [6, 6.07) is 0. The Morgan fingerprint density at radius 1 is 1.38 bits per heavy atom. The highest BCUT2D eigenvalue weighted by atomic mass is 32.1. The number of piperidine rings is 1. The molecule has 3 nitrogen and oxygen atoms in total. The molecule has 0 radical (unpaired) electrons. The van der Waals surface area contributed by atoms with E-state index in [2.05, 4.69) is 4.90 Å². The van der Waals surface area contributed by atoms with Gasteiger partial charge in [-0.3, -0.25) is 0 Å².